The van der Waals surface area contributed by atoms with E-state index < -0.39 is 63.2 Å². The summed E-state index contributed by atoms with van der Waals surface area (Å²) in [5, 5.41) is 1.86. The minimum atomic E-state index is -7.63. The topological polar surface area (TPSA) is 55.7 Å². The SMILES string of the molecule is Cc1ccc(C(=NOS(=O)(=O)C(F)(F)F)C(F)C(F)(F)C(F)(F)C(F)(F)C(F)(F)C(F)F)cc1. The molecule has 0 bridgehead atoms. The van der Waals surface area contributed by atoms with E-state index in [1.165, 1.54) is 6.92 Å². The molecule has 34 heavy (non-hydrogen) atoms. The zero-order valence-corrected chi connectivity index (χ0v) is 16.7. The highest BCUT2D eigenvalue weighted by atomic mass is 32.2. The first-order valence-electron chi connectivity index (χ1n) is 8.03. The second-order valence-corrected chi connectivity index (χ2v) is 7.90. The average Bonchev–Trinajstić information content (AvgIpc) is 2.67. The van der Waals surface area contributed by atoms with Crippen molar-refractivity contribution in [3.05, 3.63) is 35.4 Å². The first-order chi connectivity index (χ1) is 14.9. The third-order valence-corrected chi connectivity index (χ3v) is 4.77. The van der Waals surface area contributed by atoms with Gasteiger partial charge in [0.15, 0.2) is 0 Å². The normalized spacial score (nSPS) is 16.1. The molecular formula is C15H9F14NO3S. The van der Waals surface area contributed by atoms with Crippen molar-refractivity contribution in [2.24, 2.45) is 5.16 Å². The molecule has 0 saturated carbocycles. The third kappa shape index (κ3) is 5.02. The summed E-state index contributed by atoms with van der Waals surface area (Å²) < 4.78 is 209. The van der Waals surface area contributed by atoms with Crippen LogP contribution in [0.3, 0.4) is 0 Å². The van der Waals surface area contributed by atoms with Gasteiger partial charge < -0.3 is 0 Å². The summed E-state index contributed by atoms with van der Waals surface area (Å²) in [6.07, 6.45) is -10.7. The lowest BCUT2D eigenvalue weighted by molar-refractivity contribution is -0.387. The Hall–Kier alpha value is -2.34. The second-order valence-electron chi connectivity index (χ2n) is 6.37. The van der Waals surface area contributed by atoms with Gasteiger partial charge in [-0.3, -0.25) is 4.28 Å². The number of rotatable bonds is 9. The summed E-state index contributed by atoms with van der Waals surface area (Å²) in [7, 11) is -6.84. The maximum absolute atomic E-state index is 14.4. The zero-order valence-electron chi connectivity index (χ0n) is 15.8. The van der Waals surface area contributed by atoms with Gasteiger partial charge in [0.05, 0.1) is 0 Å². The molecule has 1 atom stereocenters. The van der Waals surface area contributed by atoms with Gasteiger partial charge in [-0.2, -0.15) is 56.7 Å². The fourth-order valence-electron chi connectivity index (χ4n) is 1.99. The van der Waals surface area contributed by atoms with Crippen LogP contribution in [0.15, 0.2) is 29.4 Å². The molecule has 0 amide bonds. The van der Waals surface area contributed by atoms with Crippen molar-refractivity contribution in [3.63, 3.8) is 0 Å². The van der Waals surface area contributed by atoms with E-state index in [4.69, 9.17) is 0 Å². The quantitative estimate of drug-likeness (QED) is 0.172. The highest BCUT2D eigenvalue weighted by molar-refractivity contribution is 7.87. The Bertz CT molecular complexity index is 1000. The van der Waals surface area contributed by atoms with Crippen LogP contribution in [0.25, 0.3) is 0 Å². The standard InChI is InChI=1S/C15H9F14NO3S/c1-6-2-4-7(5-3-6)8(30-33-34(31,32)15(27,28)29)9(16)11(19,20)13(23,24)14(25,26)12(21,22)10(17)18/h2-5,9-10H,1H3. The van der Waals surface area contributed by atoms with Crippen LogP contribution in [0, 0.1) is 6.92 Å². The van der Waals surface area contributed by atoms with E-state index >= 15 is 0 Å². The Kier molecular flexibility index (Phi) is 7.88. The van der Waals surface area contributed by atoms with Crippen LogP contribution in [0.4, 0.5) is 61.5 Å². The van der Waals surface area contributed by atoms with Gasteiger partial charge in [-0.25, -0.2) is 13.2 Å². The molecule has 0 saturated heterocycles. The molecule has 196 valence electrons. The van der Waals surface area contributed by atoms with Gasteiger partial charge in [0.1, 0.15) is 5.71 Å². The number of halogens is 14. The van der Waals surface area contributed by atoms with Crippen molar-refractivity contribution in [2.75, 3.05) is 0 Å². The van der Waals surface area contributed by atoms with Crippen molar-refractivity contribution in [1.82, 2.24) is 0 Å². The first kappa shape index (κ1) is 29.7. The Morgan fingerprint density at radius 1 is 0.794 bits per heavy atom. The lowest BCUT2D eigenvalue weighted by Gasteiger charge is -2.37. The Morgan fingerprint density at radius 3 is 1.59 bits per heavy atom. The smallest absolute Gasteiger partial charge is 0.261 e. The van der Waals surface area contributed by atoms with E-state index in [2.05, 4.69) is 4.28 Å². The molecule has 1 unspecified atom stereocenters. The minimum Gasteiger partial charge on any atom is -0.261 e. The van der Waals surface area contributed by atoms with Crippen LogP contribution < -0.4 is 0 Å². The van der Waals surface area contributed by atoms with Crippen molar-refractivity contribution < 1.29 is 74.2 Å². The molecule has 19 heteroatoms. The average molecular weight is 549 g/mol. The van der Waals surface area contributed by atoms with Gasteiger partial charge >= 0.3 is 45.7 Å². The summed E-state index contributed by atoms with van der Waals surface area (Å²) >= 11 is 0. The molecule has 1 aromatic rings. The van der Waals surface area contributed by atoms with Crippen LogP contribution in [-0.2, 0) is 14.4 Å². The molecule has 1 rings (SSSR count). The molecule has 0 spiro atoms. The van der Waals surface area contributed by atoms with Gasteiger partial charge in [-0.05, 0) is 6.92 Å². The van der Waals surface area contributed by atoms with Gasteiger partial charge in [0.2, 0.25) is 6.17 Å². The molecule has 0 heterocycles. The van der Waals surface area contributed by atoms with E-state index in [0.717, 1.165) is 12.1 Å². The number of nitrogens with zero attached hydrogens (tertiary/aromatic N) is 1. The van der Waals surface area contributed by atoms with Crippen molar-refractivity contribution >= 4 is 15.8 Å². The number of alkyl halides is 14. The predicted octanol–water partition coefficient (Wildman–Crippen LogP) is 5.71. The molecule has 0 N–H and O–H groups in total. The number of oxime groups is 1. The van der Waals surface area contributed by atoms with E-state index in [1.54, 1.807) is 0 Å². The van der Waals surface area contributed by atoms with E-state index in [-0.39, 0.29) is 5.56 Å². The lowest BCUT2D eigenvalue weighted by atomic mass is 9.91. The van der Waals surface area contributed by atoms with Crippen molar-refractivity contribution in [3.8, 4) is 0 Å². The molecule has 0 fully saturated rings. The molecule has 0 aromatic heterocycles. The molecule has 4 nitrogen and oxygen atoms in total. The molecule has 0 radical (unpaired) electrons. The molecule has 1 aromatic carbocycles. The van der Waals surface area contributed by atoms with E-state index in [9.17, 15) is 69.9 Å². The summed E-state index contributed by atoms with van der Waals surface area (Å²) in [4.78, 5) is 0. The summed E-state index contributed by atoms with van der Waals surface area (Å²) in [6.45, 7) is 1.27. The van der Waals surface area contributed by atoms with Crippen LogP contribution in [0.2, 0.25) is 0 Å². The highest BCUT2D eigenvalue weighted by Crippen LogP contribution is 2.55. The van der Waals surface area contributed by atoms with Crippen LogP contribution in [0.1, 0.15) is 11.1 Å². The number of hydrogen-bond donors (Lipinski definition) is 0. The van der Waals surface area contributed by atoms with Crippen LogP contribution in [-0.4, -0.2) is 55.9 Å². The largest absolute Gasteiger partial charge is 0.536 e. The summed E-state index contributed by atoms with van der Waals surface area (Å²) in [5.74, 6) is -29.5. The fourth-order valence-corrected chi connectivity index (χ4v) is 2.25. The van der Waals surface area contributed by atoms with Gasteiger partial charge in [0, 0.05) is 5.56 Å². The summed E-state index contributed by atoms with van der Waals surface area (Å²) in [5.41, 5.74) is -9.88. The lowest BCUT2D eigenvalue weighted by Crippen LogP contribution is -2.67. The molecule has 0 aliphatic carbocycles. The van der Waals surface area contributed by atoms with Crippen LogP contribution >= 0.6 is 0 Å². The van der Waals surface area contributed by atoms with Crippen molar-refractivity contribution in [1.29, 1.82) is 0 Å². The molecular weight excluding hydrogens is 540 g/mol. The monoisotopic (exact) mass is 549 g/mol. The zero-order chi connectivity index (χ0) is 27.1. The Balaban J connectivity index is 3.70. The molecule has 0 aliphatic heterocycles. The Morgan fingerprint density at radius 2 is 1.21 bits per heavy atom. The maximum atomic E-state index is 14.4. The third-order valence-electron chi connectivity index (χ3n) is 3.93. The van der Waals surface area contributed by atoms with Crippen molar-refractivity contribution in [2.45, 2.75) is 48.7 Å². The highest BCUT2D eigenvalue weighted by Gasteiger charge is 2.84. The minimum absolute atomic E-state index is 0.197. The number of benzene rings is 1. The van der Waals surface area contributed by atoms with Crippen LogP contribution in [0.5, 0.6) is 0 Å². The van der Waals surface area contributed by atoms with E-state index in [1.807, 2.05) is 5.16 Å². The summed E-state index contributed by atoms with van der Waals surface area (Å²) in [6, 6.07) is 2.58. The number of aryl methyl sites for hydroxylation is 1. The van der Waals surface area contributed by atoms with Gasteiger partial charge in [-0.1, -0.05) is 35.0 Å². The second kappa shape index (κ2) is 9.03. The first-order valence-corrected chi connectivity index (χ1v) is 9.44. The molecule has 0 aliphatic rings. The predicted molar refractivity (Wildman–Crippen MR) is 84.5 cm³/mol. The fraction of sp³-hybridized carbons (Fsp3) is 0.533. The van der Waals surface area contributed by atoms with E-state index in [0.29, 0.717) is 12.1 Å². The Labute approximate surface area is 180 Å². The van der Waals surface area contributed by atoms with Gasteiger partial charge in [0.25, 0.3) is 0 Å². The maximum Gasteiger partial charge on any atom is 0.536 e. The van der Waals surface area contributed by atoms with Gasteiger partial charge in [-0.15, -0.1) is 0 Å². The number of hydrogen-bond acceptors (Lipinski definition) is 4.